The zero-order valence-corrected chi connectivity index (χ0v) is 11.3. The first-order valence-corrected chi connectivity index (χ1v) is 6.52. The maximum absolute atomic E-state index is 13.9. The zero-order chi connectivity index (χ0) is 12.6. The summed E-state index contributed by atoms with van der Waals surface area (Å²) >= 11 is 6.13. The van der Waals surface area contributed by atoms with Crippen molar-refractivity contribution in [1.82, 2.24) is 5.32 Å². The maximum Gasteiger partial charge on any atom is 0.128 e. The Balaban J connectivity index is 2.24. The predicted octanol–water partition coefficient (Wildman–Crippen LogP) is 3.83. The van der Waals surface area contributed by atoms with E-state index in [4.69, 9.17) is 11.6 Å². The van der Waals surface area contributed by atoms with Crippen molar-refractivity contribution in [2.75, 3.05) is 13.1 Å². The predicted molar refractivity (Wildman–Crippen MR) is 70.0 cm³/mol. The highest BCUT2D eigenvalue weighted by Crippen LogP contribution is 2.65. The number of benzene rings is 1. The summed E-state index contributed by atoms with van der Waals surface area (Å²) < 4.78 is 13.9. The molecule has 2 unspecified atom stereocenters. The van der Waals surface area contributed by atoms with Crippen molar-refractivity contribution >= 4 is 11.6 Å². The molecule has 2 rings (SSSR count). The Labute approximate surface area is 107 Å². The van der Waals surface area contributed by atoms with Crippen LogP contribution in [0.15, 0.2) is 18.2 Å². The van der Waals surface area contributed by atoms with Gasteiger partial charge in [0.25, 0.3) is 0 Å². The lowest BCUT2D eigenvalue weighted by Crippen LogP contribution is -2.17. The van der Waals surface area contributed by atoms with Crippen LogP contribution in [0.25, 0.3) is 0 Å². The number of rotatable bonds is 4. The second-order valence-electron chi connectivity index (χ2n) is 5.35. The minimum absolute atomic E-state index is 0.133. The van der Waals surface area contributed by atoms with Crippen molar-refractivity contribution < 1.29 is 4.39 Å². The standard InChI is InChI=1S/C14H19ClFN/c1-4-17-8-9-13(14(9,2)3)12-10(15)6-5-7-11(12)16/h5-7,9,13,17H,4,8H2,1-3H3. The first-order valence-electron chi connectivity index (χ1n) is 6.14. The molecule has 1 aromatic rings. The first-order chi connectivity index (χ1) is 8.00. The van der Waals surface area contributed by atoms with Gasteiger partial charge in [-0.25, -0.2) is 4.39 Å². The lowest BCUT2D eigenvalue weighted by Gasteiger charge is -2.06. The molecule has 0 saturated heterocycles. The van der Waals surface area contributed by atoms with E-state index in [-0.39, 0.29) is 17.2 Å². The van der Waals surface area contributed by atoms with Crippen LogP contribution in [0.3, 0.4) is 0 Å². The van der Waals surface area contributed by atoms with E-state index in [1.807, 2.05) is 0 Å². The molecular weight excluding hydrogens is 237 g/mol. The van der Waals surface area contributed by atoms with Gasteiger partial charge in [0.2, 0.25) is 0 Å². The van der Waals surface area contributed by atoms with E-state index in [0.717, 1.165) is 13.1 Å². The number of hydrogen-bond donors (Lipinski definition) is 1. The van der Waals surface area contributed by atoms with Gasteiger partial charge in [-0.2, -0.15) is 0 Å². The van der Waals surface area contributed by atoms with Gasteiger partial charge >= 0.3 is 0 Å². The average molecular weight is 256 g/mol. The fourth-order valence-corrected chi connectivity index (χ4v) is 3.09. The molecular formula is C14H19ClFN. The molecule has 0 heterocycles. The van der Waals surface area contributed by atoms with Crippen LogP contribution in [-0.4, -0.2) is 13.1 Å². The highest BCUT2D eigenvalue weighted by Gasteiger charge is 2.58. The fraction of sp³-hybridized carbons (Fsp3) is 0.571. The van der Waals surface area contributed by atoms with E-state index in [2.05, 4.69) is 26.1 Å². The molecule has 94 valence electrons. The smallest absolute Gasteiger partial charge is 0.128 e. The molecule has 3 heteroatoms. The van der Waals surface area contributed by atoms with Crippen molar-refractivity contribution in [2.24, 2.45) is 11.3 Å². The Morgan fingerprint density at radius 2 is 2.12 bits per heavy atom. The molecule has 0 radical (unpaired) electrons. The minimum atomic E-state index is -0.172. The monoisotopic (exact) mass is 255 g/mol. The Bertz CT molecular complexity index is 396. The quantitative estimate of drug-likeness (QED) is 0.862. The zero-order valence-electron chi connectivity index (χ0n) is 10.6. The molecule has 2 atom stereocenters. The molecule has 1 aromatic carbocycles. The van der Waals surface area contributed by atoms with E-state index in [1.165, 1.54) is 6.07 Å². The average Bonchev–Trinajstić information content (AvgIpc) is 2.78. The summed E-state index contributed by atoms with van der Waals surface area (Å²) in [4.78, 5) is 0. The summed E-state index contributed by atoms with van der Waals surface area (Å²) in [7, 11) is 0. The van der Waals surface area contributed by atoms with E-state index < -0.39 is 0 Å². The van der Waals surface area contributed by atoms with E-state index in [1.54, 1.807) is 12.1 Å². The van der Waals surface area contributed by atoms with Crippen molar-refractivity contribution in [3.63, 3.8) is 0 Å². The first kappa shape index (κ1) is 12.8. The van der Waals surface area contributed by atoms with E-state index in [9.17, 15) is 4.39 Å². The summed E-state index contributed by atoms with van der Waals surface area (Å²) in [6.07, 6.45) is 0. The SMILES string of the molecule is CCNCC1C(c2c(F)cccc2Cl)C1(C)C. The van der Waals surface area contributed by atoms with Crippen LogP contribution in [0, 0.1) is 17.2 Å². The van der Waals surface area contributed by atoms with Crippen molar-refractivity contribution in [3.05, 3.63) is 34.6 Å². The Morgan fingerprint density at radius 1 is 1.41 bits per heavy atom. The minimum Gasteiger partial charge on any atom is -0.317 e. The molecule has 0 bridgehead atoms. The van der Waals surface area contributed by atoms with Gasteiger partial charge in [0.05, 0.1) is 0 Å². The van der Waals surface area contributed by atoms with Gasteiger partial charge < -0.3 is 5.32 Å². The van der Waals surface area contributed by atoms with Crippen molar-refractivity contribution in [1.29, 1.82) is 0 Å². The maximum atomic E-state index is 13.9. The van der Waals surface area contributed by atoms with Gasteiger partial charge in [-0.15, -0.1) is 0 Å². The van der Waals surface area contributed by atoms with Crippen LogP contribution in [-0.2, 0) is 0 Å². The van der Waals surface area contributed by atoms with Crippen molar-refractivity contribution in [3.8, 4) is 0 Å². The van der Waals surface area contributed by atoms with Gasteiger partial charge in [0.15, 0.2) is 0 Å². The van der Waals surface area contributed by atoms with Gasteiger partial charge in [-0.1, -0.05) is 38.4 Å². The Kier molecular flexibility index (Phi) is 3.46. The number of nitrogens with one attached hydrogen (secondary N) is 1. The normalized spacial score (nSPS) is 25.9. The third-order valence-corrected chi connectivity index (χ3v) is 4.31. The molecule has 1 saturated carbocycles. The summed E-state index contributed by atoms with van der Waals surface area (Å²) in [5, 5.41) is 3.90. The summed E-state index contributed by atoms with van der Waals surface area (Å²) in [6, 6.07) is 4.94. The van der Waals surface area contributed by atoms with Gasteiger partial charge in [-0.05, 0) is 42.5 Å². The lowest BCUT2D eigenvalue weighted by molar-refractivity contribution is 0.523. The third kappa shape index (κ3) is 2.21. The van der Waals surface area contributed by atoms with E-state index in [0.29, 0.717) is 16.5 Å². The van der Waals surface area contributed by atoms with Crippen LogP contribution >= 0.6 is 11.6 Å². The molecule has 0 aliphatic heterocycles. The highest BCUT2D eigenvalue weighted by atomic mass is 35.5. The lowest BCUT2D eigenvalue weighted by atomic mass is 10.0. The van der Waals surface area contributed by atoms with Crippen LogP contribution in [0.5, 0.6) is 0 Å². The molecule has 0 amide bonds. The molecule has 1 aliphatic rings. The second kappa shape index (κ2) is 4.58. The Morgan fingerprint density at radius 3 is 2.71 bits per heavy atom. The summed E-state index contributed by atoms with van der Waals surface area (Å²) in [6.45, 7) is 8.33. The second-order valence-corrected chi connectivity index (χ2v) is 5.76. The molecule has 1 nitrogen and oxygen atoms in total. The highest BCUT2D eigenvalue weighted by molar-refractivity contribution is 6.31. The molecule has 0 aromatic heterocycles. The van der Waals surface area contributed by atoms with Gasteiger partial charge in [0, 0.05) is 10.6 Å². The van der Waals surface area contributed by atoms with Crippen molar-refractivity contribution in [2.45, 2.75) is 26.7 Å². The molecule has 17 heavy (non-hydrogen) atoms. The van der Waals surface area contributed by atoms with Gasteiger partial charge in [-0.3, -0.25) is 0 Å². The van der Waals surface area contributed by atoms with E-state index >= 15 is 0 Å². The fourth-order valence-electron chi connectivity index (χ4n) is 2.81. The van der Waals surface area contributed by atoms with Crippen LogP contribution in [0.4, 0.5) is 4.39 Å². The molecule has 1 fully saturated rings. The molecule has 0 spiro atoms. The largest absolute Gasteiger partial charge is 0.317 e. The molecule has 1 aliphatic carbocycles. The summed E-state index contributed by atoms with van der Waals surface area (Å²) in [5.74, 6) is 0.529. The third-order valence-electron chi connectivity index (χ3n) is 3.98. The van der Waals surface area contributed by atoms with Crippen LogP contribution in [0.1, 0.15) is 32.3 Å². The number of hydrogen-bond acceptors (Lipinski definition) is 1. The summed E-state index contributed by atoms with van der Waals surface area (Å²) in [5.41, 5.74) is 0.829. The molecule has 1 N–H and O–H groups in total. The van der Waals surface area contributed by atoms with Crippen LogP contribution in [0.2, 0.25) is 5.02 Å². The Hall–Kier alpha value is -0.600. The topological polar surface area (TPSA) is 12.0 Å². The van der Waals surface area contributed by atoms with Crippen LogP contribution < -0.4 is 5.32 Å². The van der Waals surface area contributed by atoms with Gasteiger partial charge in [0.1, 0.15) is 5.82 Å². The number of halogens is 2.